The fraction of sp³-hybridized carbons (Fsp3) is 0.273. The third-order valence-corrected chi connectivity index (χ3v) is 5.83. The predicted octanol–water partition coefficient (Wildman–Crippen LogP) is 3.51. The van der Waals surface area contributed by atoms with Crippen LogP contribution in [0.15, 0.2) is 42.0 Å². The molecule has 1 aliphatic rings. The van der Waals surface area contributed by atoms with Crippen LogP contribution in [0, 0.1) is 0 Å². The van der Waals surface area contributed by atoms with Crippen LogP contribution in [0.5, 0.6) is 0 Å². The molecule has 0 spiro atoms. The Bertz CT molecular complexity index is 1130. The highest BCUT2D eigenvalue weighted by atomic mass is 32.1. The van der Waals surface area contributed by atoms with Crippen molar-refractivity contribution in [1.29, 1.82) is 0 Å². The first kappa shape index (κ1) is 20.0. The molecule has 2 N–H and O–H groups in total. The Kier molecular flexibility index (Phi) is 5.03. The van der Waals surface area contributed by atoms with Crippen LogP contribution in [0.4, 0.5) is 0 Å². The molecule has 1 aromatic carbocycles. The second kappa shape index (κ2) is 7.53. The number of nitrogens with zero attached hydrogens (tertiary/aromatic N) is 2. The smallest absolute Gasteiger partial charge is 0.262 e. The highest BCUT2D eigenvalue weighted by Gasteiger charge is 2.42. The fourth-order valence-electron chi connectivity index (χ4n) is 3.53. The van der Waals surface area contributed by atoms with E-state index in [2.05, 4.69) is 15.3 Å². The number of hydrogen-bond acceptors (Lipinski definition) is 5. The summed E-state index contributed by atoms with van der Waals surface area (Å²) >= 11 is 1.61. The van der Waals surface area contributed by atoms with Gasteiger partial charge in [0.05, 0.1) is 22.3 Å². The highest BCUT2D eigenvalue weighted by molar-refractivity contribution is 7.13. The summed E-state index contributed by atoms with van der Waals surface area (Å²) in [5.41, 5.74) is 2.19. The van der Waals surface area contributed by atoms with E-state index < -0.39 is 5.54 Å². The summed E-state index contributed by atoms with van der Waals surface area (Å²) in [6.07, 6.45) is 2.25. The Morgan fingerprint density at radius 2 is 1.93 bits per heavy atom. The second-order valence-electron chi connectivity index (χ2n) is 8.09. The van der Waals surface area contributed by atoms with Crippen LogP contribution >= 0.6 is 11.3 Å². The first-order chi connectivity index (χ1) is 14.3. The number of imide groups is 1. The van der Waals surface area contributed by atoms with Gasteiger partial charge in [0.25, 0.3) is 17.7 Å². The number of benzene rings is 1. The van der Waals surface area contributed by atoms with E-state index in [1.807, 2.05) is 38.3 Å². The van der Waals surface area contributed by atoms with E-state index in [0.29, 0.717) is 24.1 Å². The minimum Gasteiger partial charge on any atom is -0.352 e. The minimum absolute atomic E-state index is 0.274. The molecule has 0 aliphatic carbocycles. The number of carbonyl (C=O) groups is 3. The van der Waals surface area contributed by atoms with Crippen molar-refractivity contribution < 1.29 is 14.4 Å². The lowest BCUT2D eigenvalue weighted by molar-refractivity contribution is 0.0507. The van der Waals surface area contributed by atoms with E-state index in [9.17, 15) is 14.4 Å². The van der Waals surface area contributed by atoms with Gasteiger partial charge in [0, 0.05) is 29.8 Å². The van der Waals surface area contributed by atoms with E-state index in [4.69, 9.17) is 0 Å². The van der Waals surface area contributed by atoms with Gasteiger partial charge in [-0.15, -0.1) is 11.3 Å². The van der Waals surface area contributed by atoms with Crippen LogP contribution in [0.25, 0.3) is 10.6 Å². The molecule has 154 valence electrons. The summed E-state index contributed by atoms with van der Waals surface area (Å²) in [6.45, 7) is 5.84. The first-order valence-electron chi connectivity index (χ1n) is 9.64. The molecule has 4 rings (SSSR count). The van der Waals surface area contributed by atoms with E-state index in [1.165, 1.54) is 11.0 Å². The van der Waals surface area contributed by atoms with Gasteiger partial charge in [0.15, 0.2) is 0 Å². The van der Waals surface area contributed by atoms with E-state index in [-0.39, 0.29) is 23.3 Å². The van der Waals surface area contributed by atoms with Gasteiger partial charge in [0.1, 0.15) is 5.69 Å². The van der Waals surface area contributed by atoms with Gasteiger partial charge < -0.3 is 10.3 Å². The lowest BCUT2D eigenvalue weighted by Crippen LogP contribution is -2.45. The normalized spacial score (nSPS) is 13.6. The molecular formula is C22H22N4O3S. The maximum Gasteiger partial charge on any atom is 0.262 e. The number of thiophene rings is 1. The molecule has 2 aromatic heterocycles. The van der Waals surface area contributed by atoms with Crippen molar-refractivity contribution in [1.82, 2.24) is 20.2 Å². The Morgan fingerprint density at radius 3 is 2.63 bits per heavy atom. The molecule has 3 amide bonds. The molecule has 8 heteroatoms. The van der Waals surface area contributed by atoms with Crippen molar-refractivity contribution in [2.45, 2.75) is 32.7 Å². The minimum atomic E-state index is -0.625. The topological polar surface area (TPSA) is 95.2 Å². The molecule has 0 saturated carbocycles. The monoisotopic (exact) mass is 422 g/mol. The fourth-order valence-corrected chi connectivity index (χ4v) is 4.28. The third kappa shape index (κ3) is 3.54. The van der Waals surface area contributed by atoms with Gasteiger partial charge in [-0.05, 0) is 50.4 Å². The number of carbonyl (C=O) groups excluding carboxylic acids is 3. The van der Waals surface area contributed by atoms with Gasteiger partial charge >= 0.3 is 0 Å². The Hall–Kier alpha value is -3.26. The molecule has 0 radical (unpaired) electrons. The van der Waals surface area contributed by atoms with Crippen molar-refractivity contribution in [3.63, 3.8) is 0 Å². The quantitative estimate of drug-likeness (QED) is 0.615. The van der Waals surface area contributed by atoms with Crippen molar-refractivity contribution in [3.8, 4) is 10.6 Å². The second-order valence-corrected chi connectivity index (χ2v) is 9.04. The lowest BCUT2D eigenvalue weighted by Gasteiger charge is -2.29. The SMILES string of the molecule is CC(C)(C)N1C(=O)c2ccc(C(=O)NCCc3[nH]cnc3-c3cccs3)cc2C1=O. The molecule has 3 heterocycles. The van der Waals surface area contributed by atoms with Crippen molar-refractivity contribution in [3.05, 3.63) is 64.4 Å². The predicted molar refractivity (Wildman–Crippen MR) is 115 cm³/mol. The van der Waals surface area contributed by atoms with Crippen LogP contribution < -0.4 is 5.32 Å². The molecule has 0 saturated heterocycles. The van der Waals surface area contributed by atoms with Gasteiger partial charge in [0.2, 0.25) is 0 Å². The van der Waals surface area contributed by atoms with Gasteiger partial charge in [-0.3, -0.25) is 19.3 Å². The Labute approximate surface area is 178 Å². The number of aromatic amines is 1. The first-order valence-corrected chi connectivity index (χ1v) is 10.5. The van der Waals surface area contributed by atoms with Gasteiger partial charge in [-0.25, -0.2) is 4.98 Å². The van der Waals surface area contributed by atoms with Crippen LogP contribution in [-0.4, -0.2) is 44.7 Å². The average molecular weight is 423 g/mol. The summed E-state index contributed by atoms with van der Waals surface area (Å²) in [4.78, 5) is 47.7. The molecule has 1 aliphatic heterocycles. The van der Waals surface area contributed by atoms with Gasteiger partial charge in [-0.2, -0.15) is 0 Å². The van der Waals surface area contributed by atoms with Crippen LogP contribution in [0.3, 0.4) is 0 Å². The standard InChI is InChI=1S/C22H22N4O3S/c1-22(2,3)26-20(28)14-7-6-13(11-15(14)21(26)29)19(27)23-9-8-16-18(25-12-24-16)17-5-4-10-30-17/h4-7,10-12H,8-9H2,1-3H3,(H,23,27)(H,24,25). The molecule has 3 aromatic rings. The number of hydrogen-bond donors (Lipinski definition) is 2. The maximum atomic E-state index is 12.7. The van der Waals surface area contributed by atoms with Crippen molar-refractivity contribution >= 4 is 29.1 Å². The summed E-state index contributed by atoms with van der Waals surface area (Å²) in [5, 5.41) is 4.87. The summed E-state index contributed by atoms with van der Waals surface area (Å²) < 4.78 is 0. The average Bonchev–Trinajstić information content (AvgIpc) is 3.41. The molecule has 0 bridgehead atoms. The lowest BCUT2D eigenvalue weighted by atomic mass is 10.1. The summed E-state index contributed by atoms with van der Waals surface area (Å²) in [5.74, 6) is -0.977. The number of H-pyrrole nitrogens is 1. The third-order valence-electron chi connectivity index (χ3n) is 4.95. The number of imidazole rings is 1. The Morgan fingerprint density at radius 1 is 1.17 bits per heavy atom. The molecule has 0 fully saturated rings. The summed E-state index contributed by atoms with van der Waals surface area (Å²) in [6, 6.07) is 8.62. The van der Waals surface area contributed by atoms with Gasteiger partial charge in [-0.1, -0.05) is 6.07 Å². The molecule has 0 atom stereocenters. The Balaban J connectivity index is 1.44. The maximum absolute atomic E-state index is 12.7. The number of amides is 3. The number of rotatable bonds is 5. The van der Waals surface area contributed by atoms with Crippen molar-refractivity contribution in [2.75, 3.05) is 6.54 Å². The van der Waals surface area contributed by atoms with E-state index in [1.54, 1.807) is 29.8 Å². The van der Waals surface area contributed by atoms with Crippen molar-refractivity contribution in [2.24, 2.45) is 0 Å². The zero-order valence-corrected chi connectivity index (χ0v) is 17.8. The zero-order chi connectivity index (χ0) is 21.5. The molecular weight excluding hydrogens is 400 g/mol. The van der Waals surface area contributed by atoms with Crippen LogP contribution in [0.1, 0.15) is 57.5 Å². The zero-order valence-electron chi connectivity index (χ0n) is 17.0. The highest BCUT2D eigenvalue weighted by Crippen LogP contribution is 2.30. The number of fused-ring (bicyclic) bond motifs is 1. The number of aromatic nitrogens is 2. The summed E-state index contributed by atoms with van der Waals surface area (Å²) in [7, 11) is 0. The largest absolute Gasteiger partial charge is 0.352 e. The van der Waals surface area contributed by atoms with E-state index in [0.717, 1.165) is 16.3 Å². The van der Waals surface area contributed by atoms with E-state index >= 15 is 0 Å². The van der Waals surface area contributed by atoms with Crippen LogP contribution in [-0.2, 0) is 6.42 Å². The molecule has 7 nitrogen and oxygen atoms in total. The molecule has 0 unspecified atom stereocenters. The molecule has 30 heavy (non-hydrogen) atoms. The number of nitrogens with one attached hydrogen (secondary N) is 2. The van der Waals surface area contributed by atoms with Crippen LogP contribution in [0.2, 0.25) is 0 Å².